The first kappa shape index (κ1) is 16.4. The summed E-state index contributed by atoms with van der Waals surface area (Å²) in [6.45, 7) is 0. The summed E-state index contributed by atoms with van der Waals surface area (Å²) in [6.07, 6.45) is 7.60. The van der Waals surface area contributed by atoms with Crippen molar-refractivity contribution in [2.24, 2.45) is 0 Å². The van der Waals surface area contributed by atoms with E-state index < -0.39 is 0 Å². The minimum Gasteiger partial charge on any atom is -0.366 e. The van der Waals surface area contributed by atoms with Crippen LogP contribution in [0.4, 0.5) is 0 Å². The van der Waals surface area contributed by atoms with Crippen LogP contribution in [0.3, 0.4) is 0 Å². The molecule has 0 radical (unpaired) electrons. The van der Waals surface area contributed by atoms with Gasteiger partial charge in [-0.1, -0.05) is 91.0 Å². The summed E-state index contributed by atoms with van der Waals surface area (Å²) in [5, 5.41) is 0. The Morgan fingerprint density at radius 2 is 1.07 bits per heavy atom. The molecule has 0 nitrogen and oxygen atoms in total. The molecule has 0 N–H and O–H groups in total. The lowest BCUT2D eigenvalue weighted by molar-refractivity contribution is 1.53. The van der Waals surface area contributed by atoms with E-state index in [4.69, 9.17) is 6.42 Å². The number of hydrogen-bond acceptors (Lipinski definition) is 0. The molecule has 28 heavy (non-hydrogen) atoms. The second kappa shape index (κ2) is 6.72. The third kappa shape index (κ3) is 2.57. The third-order valence-corrected chi connectivity index (χ3v) is 5.29. The molecule has 130 valence electrons. The van der Waals surface area contributed by atoms with E-state index in [0.717, 1.165) is 5.56 Å². The lowest BCUT2D eigenvalue weighted by Gasteiger charge is -2.16. The number of rotatable bonds is 2. The number of fused-ring (bicyclic) bond motifs is 3. The van der Waals surface area contributed by atoms with Gasteiger partial charge < -0.3 is 6.42 Å². The van der Waals surface area contributed by atoms with E-state index in [0.29, 0.717) is 0 Å². The highest BCUT2D eigenvalue weighted by atomic mass is 14.3. The van der Waals surface area contributed by atoms with Crippen LogP contribution in [0.5, 0.6) is 0 Å². The molecule has 1 aliphatic carbocycles. The topological polar surface area (TPSA) is 0 Å². The summed E-state index contributed by atoms with van der Waals surface area (Å²) in [5.41, 5.74) is 10.5. The Morgan fingerprint density at radius 1 is 0.536 bits per heavy atom. The van der Waals surface area contributed by atoms with Crippen molar-refractivity contribution in [2.75, 3.05) is 0 Å². The smallest absolute Gasteiger partial charge is 0.00269 e. The van der Waals surface area contributed by atoms with E-state index in [1.165, 1.54) is 44.5 Å². The van der Waals surface area contributed by atoms with Gasteiger partial charge in [0.2, 0.25) is 0 Å². The van der Waals surface area contributed by atoms with Crippen LogP contribution in [0.2, 0.25) is 0 Å². The minimum absolute atomic E-state index is 0.796. The van der Waals surface area contributed by atoms with E-state index >= 15 is 0 Å². The zero-order valence-electron chi connectivity index (χ0n) is 15.3. The highest BCUT2D eigenvalue weighted by Crippen LogP contribution is 2.49. The maximum atomic E-state index is 7.60. The van der Waals surface area contributed by atoms with Gasteiger partial charge in [-0.15, -0.1) is 17.7 Å². The Hall–Kier alpha value is -3.82. The van der Waals surface area contributed by atoms with E-state index in [9.17, 15) is 0 Å². The quantitative estimate of drug-likeness (QED) is 0.247. The van der Waals surface area contributed by atoms with Crippen molar-refractivity contribution in [1.82, 2.24) is 0 Å². The lowest BCUT2D eigenvalue weighted by atomic mass is 9.88. The van der Waals surface area contributed by atoms with E-state index in [-0.39, 0.29) is 0 Å². The summed E-state index contributed by atoms with van der Waals surface area (Å²) in [6, 6.07) is 35.9. The van der Waals surface area contributed by atoms with Gasteiger partial charge in [0, 0.05) is 0 Å². The molecule has 0 heteroatoms. The van der Waals surface area contributed by atoms with Gasteiger partial charge in [0.1, 0.15) is 0 Å². The predicted octanol–water partition coefficient (Wildman–Crippen LogP) is 6.61. The molecule has 0 heterocycles. The van der Waals surface area contributed by atoms with Gasteiger partial charge in [0.15, 0.2) is 0 Å². The summed E-state index contributed by atoms with van der Waals surface area (Å²) in [5.74, 6) is 2.55. The molecule has 1 aliphatic rings. The fourth-order valence-corrected chi connectivity index (χ4v) is 4.08. The predicted molar refractivity (Wildman–Crippen MR) is 116 cm³/mol. The summed E-state index contributed by atoms with van der Waals surface area (Å²) >= 11 is 0. The monoisotopic (exact) mass is 353 g/mol. The first-order valence-corrected chi connectivity index (χ1v) is 9.39. The maximum absolute atomic E-state index is 7.60. The molecule has 0 saturated heterocycles. The molecular weight excluding hydrogens is 336 g/mol. The summed E-state index contributed by atoms with van der Waals surface area (Å²) in [4.78, 5) is 0. The van der Waals surface area contributed by atoms with E-state index in [1.807, 2.05) is 6.07 Å². The average molecular weight is 353 g/mol. The highest BCUT2D eigenvalue weighted by Gasteiger charge is 2.26. The molecule has 4 aromatic carbocycles. The van der Waals surface area contributed by atoms with E-state index in [2.05, 4.69) is 103 Å². The van der Waals surface area contributed by atoms with Gasteiger partial charge >= 0.3 is 0 Å². The molecule has 0 saturated carbocycles. The van der Waals surface area contributed by atoms with Crippen LogP contribution >= 0.6 is 0 Å². The standard InChI is InChI=1S/C28H17/c1-2-20-17-18-24-23-15-9-10-16-25(23)28(26(24)19-20)27(21-11-5-3-6-12-21)22-13-7-4-8-14-22/h3-19H/q-1. The molecule has 5 rings (SSSR count). The Morgan fingerprint density at radius 3 is 1.68 bits per heavy atom. The van der Waals surface area contributed by atoms with Crippen LogP contribution in [0.15, 0.2) is 103 Å². The Bertz CT molecular complexity index is 1190. The molecule has 0 atom stereocenters. The van der Waals surface area contributed by atoms with Crippen molar-refractivity contribution in [3.05, 3.63) is 137 Å². The van der Waals surface area contributed by atoms with Crippen LogP contribution < -0.4 is 0 Å². The Balaban J connectivity index is 1.94. The minimum atomic E-state index is 0.796. The Labute approximate surface area is 165 Å². The summed E-state index contributed by atoms with van der Waals surface area (Å²) in [7, 11) is 0. The van der Waals surface area contributed by atoms with E-state index in [1.54, 1.807) is 0 Å². The SMILES string of the molecule is [C-]#Cc1ccc2c(c1)C(=C(c1ccccc1)c1ccccc1)c1ccccc1-2. The maximum Gasteiger partial charge on any atom is -0.00269 e. The highest BCUT2D eigenvalue weighted by molar-refractivity contribution is 6.13. The summed E-state index contributed by atoms with van der Waals surface area (Å²) < 4.78 is 0. The third-order valence-electron chi connectivity index (χ3n) is 5.29. The molecule has 0 aliphatic heterocycles. The van der Waals surface area contributed by atoms with Crippen molar-refractivity contribution in [1.29, 1.82) is 0 Å². The van der Waals surface area contributed by atoms with Gasteiger partial charge in [-0.2, -0.15) is 0 Å². The van der Waals surface area contributed by atoms with Crippen LogP contribution in [-0.2, 0) is 0 Å². The first-order valence-electron chi connectivity index (χ1n) is 9.39. The van der Waals surface area contributed by atoms with Crippen molar-refractivity contribution < 1.29 is 0 Å². The van der Waals surface area contributed by atoms with Crippen molar-refractivity contribution >= 4 is 11.1 Å². The van der Waals surface area contributed by atoms with Gasteiger partial charge in [-0.3, -0.25) is 5.92 Å². The fraction of sp³-hybridized carbons (Fsp3) is 0. The Kier molecular flexibility index (Phi) is 3.93. The average Bonchev–Trinajstić information content (AvgIpc) is 3.09. The van der Waals surface area contributed by atoms with Crippen molar-refractivity contribution in [3.8, 4) is 17.0 Å². The second-order valence-corrected chi connectivity index (χ2v) is 6.91. The fourth-order valence-electron chi connectivity index (χ4n) is 4.08. The first-order chi connectivity index (χ1) is 13.9. The lowest BCUT2D eigenvalue weighted by Crippen LogP contribution is -1.94. The molecule has 0 aromatic heterocycles. The van der Waals surface area contributed by atoms with Crippen molar-refractivity contribution in [2.45, 2.75) is 0 Å². The molecule has 0 amide bonds. The van der Waals surface area contributed by atoms with Gasteiger partial charge in [-0.05, 0) is 44.5 Å². The zero-order chi connectivity index (χ0) is 18.9. The van der Waals surface area contributed by atoms with Crippen LogP contribution in [-0.4, -0.2) is 0 Å². The normalized spacial score (nSPS) is 11.5. The van der Waals surface area contributed by atoms with Gasteiger partial charge in [-0.25, -0.2) is 0 Å². The molecule has 0 fully saturated rings. The van der Waals surface area contributed by atoms with Crippen LogP contribution in [0.25, 0.3) is 22.3 Å². The number of hydrogen-bond donors (Lipinski definition) is 0. The van der Waals surface area contributed by atoms with Gasteiger partial charge in [0.25, 0.3) is 0 Å². The molecule has 0 unspecified atom stereocenters. The molecule has 0 spiro atoms. The molecule has 0 bridgehead atoms. The van der Waals surface area contributed by atoms with Crippen LogP contribution in [0.1, 0.15) is 27.8 Å². The van der Waals surface area contributed by atoms with Crippen molar-refractivity contribution in [3.63, 3.8) is 0 Å². The van der Waals surface area contributed by atoms with Crippen LogP contribution in [0, 0.1) is 12.3 Å². The second-order valence-electron chi connectivity index (χ2n) is 6.91. The van der Waals surface area contributed by atoms with Gasteiger partial charge in [0.05, 0.1) is 0 Å². The zero-order valence-corrected chi connectivity index (χ0v) is 15.3. The molecule has 4 aromatic rings. The largest absolute Gasteiger partial charge is 0.366 e. The molecular formula is C28H17-. The number of benzene rings is 4.